The SMILES string of the molecule is CC(C)(C)OC(=O)N1C[C@H](OCC#Cc2ccc(C(F)(F)F)cc2)[C@@H](N)C1. The molecule has 2 N–H and O–H groups in total. The molecule has 1 fully saturated rings. The normalized spacial score (nSPS) is 20.2. The van der Waals surface area contributed by atoms with Gasteiger partial charge in [-0.25, -0.2) is 4.79 Å². The van der Waals surface area contributed by atoms with Crippen molar-refractivity contribution in [3.8, 4) is 11.8 Å². The van der Waals surface area contributed by atoms with Gasteiger partial charge in [0.05, 0.1) is 24.3 Å². The topological polar surface area (TPSA) is 64.8 Å². The first-order valence-electron chi connectivity index (χ1n) is 8.47. The van der Waals surface area contributed by atoms with E-state index in [1.165, 1.54) is 17.0 Å². The summed E-state index contributed by atoms with van der Waals surface area (Å²) in [6.45, 7) is 6.04. The van der Waals surface area contributed by atoms with E-state index in [-0.39, 0.29) is 18.8 Å². The Hall–Kier alpha value is -2.24. The van der Waals surface area contributed by atoms with Crippen molar-refractivity contribution in [3.63, 3.8) is 0 Å². The predicted molar refractivity (Wildman–Crippen MR) is 93.8 cm³/mol. The standard InChI is InChI=1S/C19H23F3N2O3/c1-18(2,3)27-17(25)24-11-15(23)16(12-24)26-10-4-5-13-6-8-14(9-7-13)19(20,21)22/h6-9,15-16H,10-12,23H2,1-3H3/t15-,16-/m0/s1. The highest BCUT2D eigenvalue weighted by Gasteiger charge is 2.35. The smallest absolute Gasteiger partial charge is 0.416 e. The van der Waals surface area contributed by atoms with Crippen molar-refractivity contribution in [2.45, 2.75) is 44.7 Å². The summed E-state index contributed by atoms with van der Waals surface area (Å²) < 4.78 is 48.4. The molecule has 0 radical (unpaired) electrons. The van der Waals surface area contributed by atoms with E-state index in [2.05, 4.69) is 11.8 Å². The van der Waals surface area contributed by atoms with Gasteiger partial charge in [0, 0.05) is 12.1 Å². The fourth-order valence-electron chi connectivity index (χ4n) is 2.48. The highest BCUT2D eigenvalue weighted by molar-refractivity contribution is 5.68. The second kappa shape index (κ2) is 8.19. The van der Waals surface area contributed by atoms with E-state index in [4.69, 9.17) is 15.2 Å². The number of nitrogens with zero attached hydrogens (tertiary/aromatic N) is 1. The number of carbonyl (C=O) groups excluding carboxylic acids is 1. The minimum atomic E-state index is -4.37. The maximum atomic E-state index is 12.5. The predicted octanol–water partition coefficient (Wildman–Crippen LogP) is 3.02. The quantitative estimate of drug-likeness (QED) is 0.796. The first kappa shape index (κ1) is 21.1. The van der Waals surface area contributed by atoms with Gasteiger partial charge in [-0.3, -0.25) is 0 Å². The Morgan fingerprint density at radius 1 is 1.22 bits per heavy atom. The molecule has 2 rings (SSSR count). The highest BCUT2D eigenvalue weighted by atomic mass is 19.4. The minimum Gasteiger partial charge on any atom is -0.444 e. The average Bonchev–Trinajstić information content (AvgIpc) is 2.91. The number of carbonyl (C=O) groups is 1. The van der Waals surface area contributed by atoms with Crippen LogP contribution in [0.25, 0.3) is 0 Å². The first-order valence-corrected chi connectivity index (χ1v) is 8.47. The van der Waals surface area contributed by atoms with Crippen LogP contribution in [0.2, 0.25) is 0 Å². The lowest BCUT2D eigenvalue weighted by Gasteiger charge is -2.24. The zero-order valence-electron chi connectivity index (χ0n) is 15.5. The summed E-state index contributed by atoms with van der Waals surface area (Å²) in [6.07, 6.45) is -5.19. The molecule has 0 saturated carbocycles. The summed E-state index contributed by atoms with van der Waals surface area (Å²) >= 11 is 0. The van der Waals surface area contributed by atoms with Gasteiger partial charge < -0.3 is 20.1 Å². The molecule has 0 unspecified atom stereocenters. The zero-order valence-corrected chi connectivity index (χ0v) is 15.5. The van der Waals surface area contributed by atoms with E-state index in [1.54, 1.807) is 20.8 Å². The minimum absolute atomic E-state index is 0.0571. The van der Waals surface area contributed by atoms with Gasteiger partial charge in [-0.15, -0.1) is 0 Å². The summed E-state index contributed by atoms with van der Waals surface area (Å²) in [5.41, 5.74) is 5.14. The third-order valence-electron chi connectivity index (χ3n) is 3.78. The third-order valence-corrected chi connectivity index (χ3v) is 3.78. The molecule has 1 aromatic carbocycles. The molecule has 2 atom stereocenters. The third kappa shape index (κ3) is 6.45. The van der Waals surface area contributed by atoms with Crippen molar-refractivity contribution in [2.24, 2.45) is 5.73 Å². The highest BCUT2D eigenvalue weighted by Crippen LogP contribution is 2.28. The Kier molecular flexibility index (Phi) is 6.39. The fraction of sp³-hybridized carbons (Fsp3) is 0.526. The van der Waals surface area contributed by atoms with Crippen LogP contribution in [0.15, 0.2) is 24.3 Å². The maximum absolute atomic E-state index is 12.5. The van der Waals surface area contributed by atoms with Gasteiger partial charge in [0.1, 0.15) is 12.2 Å². The molecule has 5 nitrogen and oxygen atoms in total. The molecule has 0 aromatic heterocycles. The van der Waals surface area contributed by atoms with Gasteiger partial charge in [0.15, 0.2) is 0 Å². The Morgan fingerprint density at radius 3 is 2.41 bits per heavy atom. The molecule has 27 heavy (non-hydrogen) atoms. The lowest BCUT2D eigenvalue weighted by molar-refractivity contribution is -0.137. The van der Waals surface area contributed by atoms with Crippen LogP contribution in [0.1, 0.15) is 31.9 Å². The number of hydrogen-bond donors (Lipinski definition) is 1. The Bertz CT molecular complexity index is 715. The molecular formula is C19H23F3N2O3. The van der Waals surface area contributed by atoms with E-state index in [0.29, 0.717) is 18.7 Å². The molecule has 8 heteroatoms. The van der Waals surface area contributed by atoms with Crippen molar-refractivity contribution in [3.05, 3.63) is 35.4 Å². The second-order valence-corrected chi connectivity index (χ2v) is 7.28. The van der Waals surface area contributed by atoms with Crippen LogP contribution in [0.4, 0.5) is 18.0 Å². The van der Waals surface area contributed by atoms with Crippen molar-refractivity contribution in [1.29, 1.82) is 0 Å². The average molecular weight is 384 g/mol. The molecule has 1 amide bonds. The van der Waals surface area contributed by atoms with Crippen molar-refractivity contribution in [1.82, 2.24) is 4.90 Å². The fourth-order valence-corrected chi connectivity index (χ4v) is 2.48. The molecule has 1 aliphatic heterocycles. The van der Waals surface area contributed by atoms with Gasteiger partial charge >= 0.3 is 12.3 Å². The summed E-state index contributed by atoms with van der Waals surface area (Å²) in [5.74, 6) is 5.48. The van der Waals surface area contributed by atoms with Crippen LogP contribution >= 0.6 is 0 Å². The van der Waals surface area contributed by atoms with Crippen molar-refractivity contribution < 1.29 is 27.4 Å². The lowest BCUT2D eigenvalue weighted by Crippen LogP contribution is -2.37. The summed E-state index contributed by atoms with van der Waals surface area (Å²) in [4.78, 5) is 13.5. The lowest BCUT2D eigenvalue weighted by atomic mass is 10.1. The summed E-state index contributed by atoms with van der Waals surface area (Å²) in [6, 6.07) is 4.22. The van der Waals surface area contributed by atoms with Crippen molar-refractivity contribution in [2.75, 3.05) is 19.7 Å². The van der Waals surface area contributed by atoms with Crippen molar-refractivity contribution >= 4 is 6.09 Å². The van der Waals surface area contributed by atoms with E-state index in [9.17, 15) is 18.0 Å². The molecule has 148 valence electrons. The number of rotatable bonds is 2. The number of amides is 1. The Labute approximate surface area is 156 Å². The van der Waals surface area contributed by atoms with Gasteiger partial charge in [-0.1, -0.05) is 11.8 Å². The van der Waals surface area contributed by atoms with Crippen LogP contribution in [-0.4, -0.2) is 48.4 Å². The number of likely N-dealkylation sites (tertiary alicyclic amines) is 1. The number of hydrogen-bond acceptors (Lipinski definition) is 4. The number of alkyl halides is 3. The zero-order chi connectivity index (χ0) is 20.2. The molecule has 1 heterocycles. The maximum Gasteiger partial charge on any atom is 0.416 e. The van der Waals surface area contributed by atoms with Crippen LogP contribution in [0.3, 0.4) is 0 Å². The van der Waals surface area contributed by atoms with Gasteiger partial charge in [-0.05, 0) is 45.0 Å². The monoisotopic (exact) mass is 384 g/mol. The molecule has 0 bridgehead atoms. The van der Waals surface area contributed by atoms with Gasteiger partial charge in [-0.2, -0.15) is 13.2 Å². The molecule has 0 aliphatic carbocycles. The second-order valence-electron chi connectivity index (χ2n) is 7.28. The molecular weight excluding hydrogens is 361 g/mol. The number of benzene rings is 1. The Morgan fingerprint density at radius 2 is 1.85 bits per heavy atom. The molecule has 1 saturated heterocycles. The van der Waals surface area contributed by atoms with Crippen LogP contribution in [0.5, 0.6) is 0 Å². The number of halogens is 3. The molecule has 1 aromatic rings. The largest absolute Gasteiger partial charge is 0.444 e. The first-order chi connectivity index (χ1) is 12.5. The van der Waals surface area contributed by atoms with E-state index >= 15 is 0 Å². The summed E-state index contributed by atoms with van der Waals surface area (Å²) in [7, 11) is 0. The van der Waals surface area contributed by atoms with Crippen LogP contribution in [-0.2, 0) is 15.7 Å². The van der Waals surface area contributed by atoms with E-state index in [0.717, 1.165) is 12.1 Å². The number of ether oxygens (including phenoxy) is 2. The van der Waals surface area contributed by atoms with E-state index in [1.807, 2.05) is 0 Å². The summed E-state index contributed by atoms with van der Waals surface area (Å²) in [5, 5.41) is 0. The number of nitrogens with two attached hydrogens (primary N) is 1. The Balaban J connectivity index is 1.84. The molecule has 1 aliphatic rings. The van der Waals surface area contributed by atoms with Crippen LogP contribution < -0.4 is 5.73 Å². The molecule has 0 spiro atoms. The van der Waals surface area contributed by atoms with Gasteiger partial charge in [0.25, 0.3) is 0 Å². The van der Waals surface area contributed by atoms with E-state index < -0.39 is 23.4 Å². The van der Waals surface area contributed by atoms with Gasteiger partial charge in [0.2, 0.25) is 0 Å². The van der Waals surface area contributed by atoms with Crippen LogP contribution in [0, 0.1) is 11.8 Å².